The number of imide groups is 1. The van der Waals surface area contributed by atoms with Crippen molar-refractivity contribution < 1.29 is 33.4 Å². The summed E-state index contributed by atoms with van der Waals surface area (Å²) in [6.07, 6.45) is 0.198. The molecule has 0 N–H and O–H groups in total. The Balaban J connectivity index is 5.92. The zero-order chi connectivity index (χ0) is 23.0. The van der Waals surface area contributed by atoms with E-state index in [0.29, 0.717) is 24.2 Å². The maximum Gasteiger partial charge on any atom is 0.420 e. The molecule has 0 aliphatic carbocycles. The van der Waals surface area contributed by atoms with Crippen molar-refractivity contribution in [3.05, 3.63) is 0 Å². The first-order chi connectivity index (χ1) is 13.0. The highest BCUT2D eigenvalue weighted by Crippen LogP contribution is 2.22. The number of amides is 2. The van der Waals surface area contributed by atoms with E-state index in [1.165, 1.54) is 0 Å². The summed E-state index contributed by atoms with van der Waals surface area (Å²) >= 11 is 0. The number of carbonyl (C=O) groups is 4. The average Bonchev–Trinajstić information content (AvgIpc) is 2.44. The number of rotatable bonds is 7. The monoisotopic (exact) mass is 415 g/mol. The third kappa shape index (κ3) is 12.1. The van der Waals surface area contributed by atoms with Crippen LogP contribution >= 0.6 is 0 Å². The van der Waals surface area contributed by atoms with E-state index in [-0.39, 0.29) is 6.42 Å². The van der Waals surface area contributed by atoms with E-state index in [1.807, 2.05) is 0 Å². The molecule has 0 heterocycles. The van der Waals surface area contributed by atoms with E-state index in [1.54, 1.807) is 62.3 Å². The quantitative estimate of drug-likeness (QED) is 0.259. The van der Waals surface area contributed by atoms with Gasteiger partial charge in [0.05, 0.1) is 0 Å². The van der Waals surface area contributed by atoms with E-state index in [2.05, 4.69) is 0 Å². The van der Waals surface area contributed by atoms with Crippen molar-refractivity contribution in [3.63, 3.8) is 0 Å². The molecule has 0 aromatic rings. The molecule has 8 nitrogen and oxygen atoms in total. The van der Waals surface area contributed by atoms with E-state index < -0.39 is 41.0 Å². The zero-order valence-corrected chi connectivity index (χ0v) is 19.3. The van der Waals surface area contributed by atoms with Crippen molar-refractivity contribution in [2.24, 2.45) is 0 Å². The zero-order valence-electron chi connectivity index (χ0n) is 19.3. The molecule has 0 aromatic heterocycles. The molecule has 0 aliphatic heterocycles. The molecule has 0 saturated heterocycles. The van der Waals surface area contributed by atoms with E-state index in [0.717, 1.165) is 6.29 Å². The molecule has 2 amide bonds. The predicted molar refractivity (Wildman–Crippen MR) is 108 cm³/mol. The highest BCUT2D eigenvalue weighted by molar-refractivity contribution is 5.94. The lowest BCUT2D eigenvalue weighted by atomic mass is 10.1. The molecular weight excluding hydrogens is 378 g/mol. The predicted octanol–water partition coefficient (Wildman–Crippen LogP) is 4.63. The van der Waals surface area contributed by atoms with Crippen LogP contribution in [0.1, 0.15) is 88.0 Å². The van der Waals surface area contributed by atoms with Crippen LogP contribution in [0.2, 0.25) is 0 Å². The van der Waals surface area contributed by atoms with Crippen LogP contribution in [0.25, 0.3) is 0 Å². The Kier molecular flexibility index (Phi) is 9.82. The first-order valence-electron chi connectivity index (χ1n) is 9.88. The summed E-state index contributed by atoms with van der Waals surface area (Å²) in [5.74, 6) is -0.736. The smallest absolute Gasteiger partial charge is 0.420 e. The number of nitrogens with zero attached hydrogens (tertiary/aromatic N) is 1. The number of ether oxygens (including phenoxy) is 3. The summed E-state index contributed by atoms with van der Waals surface area (Å²) in [7, 11) is 0. The van der Waals surface area contributed by atoms with Gasteiger partial charge in [-0.25, -0.2) is 14.4 Å². The second-order valence-corrected chi connectivity index (χ2v) is 9.83. The van der Waals surface area contributed by atoms with Crippen molar-refractivity contribution >= 4 is 24.4 Å². The first-order valence-corrected chi connectivity index (χ1v) is 9.88. The van der Waals surface area contributed by atoms with Gasteiger partial charge in [-0.2, -0.15) is 4.90 Å². The minimum atomic E-state index is -1.23. The molecule has 8 heteroatoms. The summed E-state index contributed by atoms with van der Waals surface area (Å²) in [5, 5.41) is 0. The van der Waals surface area contributed by atoms with Gasteiger partial charge in [0.25, 0.3) is 0 Å². The molecule has 0 rings (SSSR count). The van der Waals surface area contributed by atoms with Crippen molar-refractivity contribution in [1.82, 2.24) is 4.90 Å². The third-order valence-corrected chi connectivity index (χ3v) is 3.22. The largest absolute Gasteiger partial charge is 0.458 e. The maximum atomic E-state index is 12.9. The molecule has 0 radical (unpaired) electrons. The van der Waals surface area contributed by atoms with Gasteiger partial charge >= 0.3 is 18.2 Å². The van der Waals surface area contributed by atoms with Crippen LogP contribution in [0.15, 0.2) is 0 Å². The summed E-state index contributed by atoms with van der Waals surface area (Å²) < 4.78 is 16.1. The fourth-order valence-corrected chi connectivity index (χ4v) is 2.24. The van der Waals surface area contributed by atoms with Crippen molar-refractivity contribution in [3.8, 4) is 0 Å². The van der Waals surface area contributed by atoms with Gasteiger partial charge in [0.2, 0.25) is 0 Å². The number of hydrogen-bond donors (Lipinski definition) is 0. The fourth-order valence-electron chi connectivity index (χ4n) is 2.24. The third-order valence-electron chi connectivity index (χ3n) is 3.22. The van der Waals surface area contributed by atoms with Gasteiger partial charge in [-0.3, -0.25) is 0 Å². The number of esters is 1. The lowest BCUT2D eigenvalue weighted by Crippen LogP contribution is -2.53. The Morgan fingerprint density at radius 3 is 1.52 bits per heavy atom. The summed E-state index contributed by atoms with van der Waals surface area (Å²) in [4.78, 5) is 49.8. The van der Waals surface area contributed by atoms with Crippen molar-refractivity contribution in [1.29, 1.82) is 0 Å². The maximum absolute atomic E-state index is 12.9. The van der Waals surface area contributed by atoms with Gasteiger partial charge in [-0.05, 0) is 75.2 Å². The molecule has 0 fully saturated rings. The molecule has 29 heavy (non-hydrogen) atoms. The normalized spacial score (nSPS) is 13.3. The number of hydrogen-bond acceptors (Lipinski definition) is 7. The molecule has 0 aliphatic rings. The van der Waals surface area contributed by atoms with Crippen LogP contribution < -0.4 is 0 Å². The Bertz CT molecular complexity index is 551. The van der Waals surface area contributed by atoms with Crippen LogP contribution in [-0.2, 0) is 23.8 Å². The van der Waals surface area contributed by atoms with E-state index in [9.17, 15) is 19.2 Å². The van der Waals surface area contributed by atoms with E-state index in [4.69, 9.17) is 14.2 Å². The summed E-state index contributed by atoms with van der Waals surface area (Å²) in [6.45, 7) is 15.0. The van der Waals surface area contributed by atoms with Gasteiger partial charge in [-0.15, -0.1) is 0 Å². The highest BCUT2D eigenvalue weighted by atomic mass is 16.6. The number of aldehydes is 1. The molecule has 0 saturated carbocycles. The SMILES string of the molecule is CC(C)(C)OC(=O)[C@H](CCCCC=O)N(C(=O)OC(C)(C)C)C(=O)OC(C)(C)C. The average molecular weight is 416 g/mol. The Morgan fingerprint density at radius 1 is 0.759 bits per heavy atom. The van der Waals surface area contributed by atoms with E-state index >= 15 is 0 Å². The minimum absolute atomic E-state index is 0.126. The topological polar surface area (TPSA) is 99.2 Å². The summed E-state index contributed by atoms with van der Waals surface area (Å²) in [5.41, 5.74) is -2.58. The van der Waals surface area contributed by atoms with Crippen LogP contribution in [0.5, 0.6) is 0 Å². The van der Waals surface area contributed by atoms with Gasteiger partial charge in [0.15, 0.2) is 0 Å². The second kappa shape index (κ2) is 10.6. The van der Waals surface area contributed by atoms with Crippen LogP contribution in [-0.4, -0.2) is 52.2 Å². The number of carbonyl (C=O) groups excluding carboxylic acids is 4. The van der Waals surface area contributed by atoms with Crippen LogP contribution in [0.3, 0.4) is 0 Å². The minimum Gasteiger partial charge on any atom is -0.458 e. The number of unbranched alkanes of at least 4 members (excludes halogenated alkanes) is 2. The molecule has 0 spiro atoms. The van der Waals surface area contributed by atoms with Crippen molar-refractivity contribution in [2.75, 3.05) is 0 Å². The Hall–Kier alpha value is -2.12. The van der Waals surface area contributed by atoms with Crippen molar-refractivity contribution in [2.45, 2.75) is 111 Å². The van der Waals surface area contributed by atoms with Gasteiger partial charge in [0.1, 0.15) is 29.1 Å². The van der Waals surface area contributed by atoms with Crippen LogP contribution in [0, 0.1) is 0 Å². The second-order valence-electron chi connectivity index (χ2n) is 9.83. The summed E-state index contributed by atoms with van der Waals surface area (Å²) in [6, 6.07) is -1.23. The molecule has 168 valence electrons. The Labute approximate surface area is 174 Å². The Morgan fingerprint density at radius 2 is 1.17 bits per heavy atom. The molecular formula is C21H37NO7. The standard InChI is InChI=1S/C21H37NO7/c1-19(2,3)27-16(24)15(13-11-10-12-14-23)22(17(25)28-20(4,5)6)18(26)29-21(7,8)9/h14-15H,10-13H2,1-9H3/t15-/m0/s1. The lowest BCUT2D eigenvalue weighted by molar-refractivity contribution is -0.161. The molecule has 1 atom stereocenters. The fraction of sp³-hybridized carbons (Fsp3) is 0.810. The first kappa shape index (κ1) is 26.9. The van der Waals surface area contributed by atoms with Gasteiger partial charge in [-0.1, -0.05) is 6.42 Å². The molecule has 0 bridgehead atoms. The van der Waals surface area contributed by atoms with Crippen LogP contribution in [0.4, 0.5) is 9.59 Å². The lowest BCUT2D eigenvalue weighted by Gasteiger charge is -2.33. The highest BCUT2D eigenvalue weighted by Gasteiger charge is 2.41. The van der Waals surface area contributed by atoms with Gasteiger partial charge in [0, 0.05) is 6.42 Å². The molecule has 0 unspecified atom stereocenters. The molecule has 0 aromatic carbocycles. The van der Waals surface area contributed by atoms with Gasteiger partial charge < -0.3 is 19.0 Å².